The number of nitrogens with one attached hydrogen (secondary N) is 2. The number of carbonyl (C=O) groups is 4. The summed E-state index contributed by atoms with van der Waals surface area (Å²) in [6.45, 7) is 9.67. The summed E-state index contributed by atoms with van der Waals surface area (Å²) in [7, 11) is 0. The highest BCUT2D eigenvalue weighted by Gasteiger charge is 2.44. The molecule has 244 valence electrons. The van der Waals surface area contributed by atoms with E-state index in [1.165, 1.54) is 5.56 Å². The molecule has 2 fully saturated rings. The third-order valence-electron chi connectivity index (χ3n) is 9.26. The minimum atomic E-state index is -1.19. The molecule has 0 bridgehead atoms. The molecule has 0 radical (unpaired) electrons. The Balaban J connectivity index is 1.55. The van der Waals surface area contributed by atoms with Gasteiger partial charge in [-0.15, -0.1) is 0 Å². The molecule has 0 unspecified atom stereocenters. The smallest absolute Gasteiger partial charge is 0.407 e. The van der Waals surface area contributed by atoms with Gasteiger partial charge < -0.3 is 26.4 Å². The van der Waals surface area contributed by atoms with Gasteiger partial charge in [0, 0.05) is 25.7 Å². The first-order chi connectivity index (χ1) is 20.9. The first-order valence-corrected chi connectivity index (χ1v) is 16.3. The van der Waals surface area contributed by atoms with E-state index in [4.69, 9.17) is 5.73 Å². The maximum Gasteiger partial charge on any atom is 0.407 e. The van der Waals surface area contributed by atoms with Gasteiger partial charge in [-0.3, -0.25) is 24.2 Å². The van der Waals surface area contributed by atoms with Crippen molar-refractivity contribution in [3.05, 3.63) is 35.4 Å². The van der Waals surface area contributed by atoms with E-state index in [0.29, 0.717) is 38.9 Å². The second-order valence-corrected chi connectivity index (χ2v) is 13.9. The number of carboxylic acid groups (broad SMARTS) is 1. The van der Waals surface area contributed by atoms with Crippen LogP contribution in [0.4, 0.5) is 4.79 Å². The standard InChI is InChI=1S/C33H52N6O5/c1-22(39(32(43)44)21-33(2,3)4)29(40)36-27(15-7-8-17-34)31(42)38-19-24-13-10-18-37(24)20-28(38)30(41)35-26-16-9-12-23-11-5-6-14-25(23)26/h5-6,11,14,22,24,26-28H,7-10,12-13,15-21,34H2,1-4H3,(H,35,41)(H,36,40)(H,43,44)/t22-,24+,26+,27-,28-/m0/s1. The highest BCUT2D eigenvalue weighted by molar-refractivity contribution is 5.94. The number of aryl methyl sites for hydroxylation is 1. The Morgan fingerprint density at radius 1 is 1.09 bits per heavy atom. The zero-order chi connectivity index (χ0) is 32.0. The van der Waals surface area contributed by atoms with Crippen LogP contribution >= 0.6 is 0 Å². The highest BCUT2D eigenvalue weighted by atomic mass is 16.4. The van der Waals surface area contributed by atoms with Crippen LogP contribution in [-0.2, 0) is 20.8 Å². The van der Waals surface area contributed by atoms with Crippen LogP contribution in [0.15, 0.2) is 24.3 Å². The lowest BCUT2D eigenvalue weighted by molar-refractivity contribution is -0.148. The summed E-state index contributed by atoms with van der Waals surface area (Å²) in [4.78, 5) is 59.0. The topological polar surface area (TPSA) is 148 Å². The van der Waals surface area contributed by atoms with Crippen molar-refractivity contribution in [3.63, 3.8) is 0 Å². The molecule has 0 saturated carbocycles. The van der Waals surface area contributed by atoms with Crippen LogP contribution in [0.2, 0.25) is 0 Å². The molecule has 2 aliphatic heterocycles. The van der Waals surface area contributed by atoms with Gasteiger partial charge in [-0.1, -0.05) is 45.0 Å². The van der Waals surface area contributed by atoms with Crippen molar-refractivity contribution in [2.75, 3.05) is 32.7 Å². The Hall–Kier alpha value is -3.18. The molecule has 0 aromatic heterocycles. The van der Waals surface area contributed by atoms with Crippen LogP contribution in [0.3, 0.4) is 0 Å². The summed E-state index contributed by atoms with van der Waals surface area (Å²) >= 11 is 0. The van der Waals surface area contributed by atoms with Crippen LogP contribution in [0, 0.1) is 5.41 Å². The number of nitrogens with zero attached hydrogens (tertiary/aromatic N) is 3. The molecule has 5 N–H and O–H groups in total. The lowest BCUT2D eigenvalue weighted by Gasteiger charge is -2.44. The number of benzene rings is 1. The van der Waals surface area contributed by atoms with Gasteiger partial charge in [-0.05, 0) is 87.9 Å². The lowest BCUT2D eigenvalue weighted by Crippen LogP contribution is -2.66. The van der Waals surface area contributed by atoms with E-state index in [1.54, 1.807) is 11.8 Å². The molecule has 2 heterocycles. The van der Waals surface area contributed by atoms with Crippen molar-refractivity contribution in [2.24, 2.45) is 11.1 Å². The molecule has 11 nitrogen and oxygen atoms in total. The molecule has 44 heavy (non-hydrogen) atoms. The largest absolute Gasteiger partial charge is 0.465 e. The quantitative estimate of drug-likeness (QED) is 0.281. The fourth-order valence-corrected chi connectivity index (χ4v) is 6.92. The lowest BCUT2D eigenvalue weighted by atomic mass is 9.87. The molecule has 0 spiro atoms. The summed E-state index contributed by atoms with van der Waals surface area (Å²) in [5, 5.41) is 16.0. The second kappa shape index (κ2) is 14.7. The Morgan fingerprint density at radius 3 is 2.55 bits per heavy atom. The van der Waals surface area contributed by atoms with Gasteiger partial charge in [0.1, 0.15) is 18.1 Å². The number of nitrogens with two attached hydrogens (primary N) is 1. The van der Waals surface area contributed by atoms with Gasteiger partial charge in [0.15, 0.2) is 0 Å². The van der Waals surface area contributed by atoms with Gasteiger partial charge in [0.2, 0.25) is 17.7 Å². The summed E-state index contributed by atoms with van der Waals surface area (Å²) in [5.41, 5.74) is 7.77. The fourth-order valence-electron chi connectivity index (χ4n) is 6.92. The number of rotatable bonds is 11. The van der Waals surface area contributed by atoms with Crippen molar-refractivity contribution in [2.45, 2.75) is 109 Å². The van der Waals surface area contributed by atoms with Crippen molar-refractivity contribution in [1.29, 1.82) is 0 Å². The molecule has 5 atom stereocenters. The van der Waals surface area contributed by atoms with Crippen molar-refractivity contribution >= 4 is 23.8 Å². The molecule has 1 aromatic carbocycles. The summed E-state index contributed by atoms with van der Waals surface area (Å²) in [6.07, 6.45) is 5.26. The Morgan fingerprint density at radius 2 is 1.84 bits per heavy atom. The third kappa shape index (κ3) is 8.29. The molecule has 4 amide bonds. The molecule has 2 saturated heterocycles. The normalized spacial score (nSPS) is 23.2. The number of fused-ring (bicyclic) bond motifs is 2. The number of carbonyl (C=O) groups excluding carboxylic acids is 3. The van der Waals surface area contributed by atoms with Crippen LogP contribution < -0.4 is 16.4 Å². The SMILES string of the molecule is C[C@@H](C(=O)N[C@@H](CCCCN)C(=O)N1C[C@H]2CCCN2C[C@H]1C(=O)N[C@@H]1CCCc2ccccc21)N(CC(C)(C)C)C(=O)O. The zero-order valence-corrected chi connectivity index (χ0v) is 26.9. The maximum absolute atomic E-state index is 14.3. The summed E-state index contributed by atoms with van der Waals surface area (Å²) in [5.74, 6) is -0.994. The Kier molecular flexibility index (Phi) is 11.3. The maximum atomic E-state index is 14.3. The van der Waals surface area contributed by atoms with Crippen LogP contribution in [-0.4, -0.2) is 101 Å². The predicted molar refractivity (Wildman–Crippen MR) is 169 cm³/mol. The van der Waals surface area contributed by atoms with Gasteiger partial charge >= 0.3 is 6.09 Å². The van der Waals surface area contributed by atoms with E-state index in [0.717, 1.165) is 49.1 Å². The number of piperazine rings is 1. The molecular weight excluding hydrogens is 560 g/mol. The number of hydrogen-bond donors (Lipinski definition) is 4. The molecule has 4 rings (SSSR count). The van der Waals surface area contributed by atoms with Crippen molar-refractivity contribution in [1.82, 2.24) is 25.3 Å². The fraction of sp³-hybridized carbons (Fsp3) is 0.697. The number of amides is 4. The van der Waals surface area contributed by atoms with E-state index in [1.807, 2.05) is 32.9 Å². The Bertz CT molecular complexity index is 1190. The number of hydrogen-bond acceptors (Lipinski definition) is 6. The van der Waals surface area contributed by atoms with Gasteiger partial charge in [0.05, 0.1) is 6.04 Å². The monoisotopic (exact) mass is 612 g/mol. The van der Waals surface area contributed by atoms with Crippen LogP contribution in [0.25, 0.3) is 0 Å². The Labute approximate surface area is 261 Å². The molecule has 11 heteroatoms. The van der Waals surface area contributed by atoms with E-state index < -0.39 is 30.1 Å². The zero-order valence-electron chi connectivity index (χ0n) is 26.9. The van der Waals surface area contributed by atoms with Crippen LogP contribution in [0.1, 0.15) is 89.8 Å². The first kappa shape index (κ1) is 33.7. The van der Waals surface area contributed by atoms with Crippen molar-refractivity contribution in [3.8, 4) is 0 Å². The number of unbranched alkanes of at least 4 members (excludes halogenated alkanes) is 1. The molecule has 3 aliphatic rings. The van der Waals surface area contributed by atoms with Gasteiger partial charge in [-0.2, -0.15) is 0 Å². The minimum Gasteiger partial charge on any atom is -0.465 e. The van der Waals surface area contributed by atoms with E-state index >= 15 is 0 Å². The van der Waals surface area contributed by atoms with Crippen molar-refractivity contribution < 1.29 is 24.3 Å². The second-order valence-electron chi connectivity index (χ2n) is 13.9. The van der Waals surface area contributed by atoms with Gasteiger partial charge in [-0.25, -0.2) is 4.79 Å². The van der Waals surface area contributed by atoms with E-state index in [9.17, 15) is 24.3 Å². The molecule has 1 aromatic rings. The van der Waals surface area contributed by atoms with E-state index in [2.05, 4.69) is 27.7 Å². The summed E-state index contributed by atoms with van der Waals surface area (Å²) in [6, 6.07) is 5.71. The minimum absolute atomic E-state index is 0.105. The first-order valence-electron chi connectivity index (χ1n) is 16.3. The summed E-state index contributed by atoms with van der Waals surface area (Å²) < 4.78 is 0. The predicted octanol–water partition coefficient (Wildman–Crippen LogP) is 2.88. The third-order valence-corrected chi connectivity index (χ3v) is 9.26. The highest BCUT2D eigenvalue weighted by Crippen LogP contribution is 2.31. The average molecular weight is 613 g/mol. The average Bonchev–Trinajstić information content (AvgIpc) is 3.45. The molecule has 1 aliphatic carbocycles. The van der Waals surface area contributed by atoms with E-state index in [-0.39, 0.29) is 35.9 Å². The van der Waals surface area contributed by atoms with Crippen LogP contribution in [0.5, 0.6) is 0 Å². The molecular formula is C33H52N6O5. The van der Waals surface area contributed by atoms with Gasteiger partial charge in [0.25, 0.3) is 0 Å².